The van der Waals surface area contributed by atoms with Gasteiger partial charge in [-0.3, -0.25) is 9.59 Å². The van der Waals surface area contributed by atoms with Gasteiger partial charge in [0.05, 0.1) is 13.2 Å². The fourth-order valence-corrected chi connectivity index (χ4v) is 3.90. The maximum absolute atomic E-state index is 13.4. The van der Waals surface area contributed by atoms with Crippen LogP contribution >= 0.6 is 0 Å². The third kappa shape index (κ3) is 11.0. The number of hydrogen-bond acceptors (Lipinski definition) is 4. The third-order valence-corrected chi connectivity index (χ3v) is 6.07. The first-order valence-electron chi connectivity index (χ1n) is 12.9. The van der Waals surface area contributed by atoms with Gasteiger partial charge in [0.1, 0.15) is 5.75 Å². The highest BCUT2D eigenvalue weighted by Crippen LogP contribution is 2.28. The number of nitrogens with zero attached hydrogens (tertiary/aromatic N) is 1. The zero-order valence-electron chi connectivity index (χ0n) is 22.8. The molecule has 39 heavy (non-hydrogen) atoms. The normalized spacial score (nSPS) is 12.0. The Morgan fingerprint density at radius 1 is 1.03 bits per heavy atom. The Morgan fingerprint density at radius 3 is 2.31 bits per heavy atom. The van der Waals surface area contributed by atoms with Crippen LogP contribution in [0.4, 0.5) is 13.2 Å². The van der Waals surface area contributed by atoms with E-state index < -0.39 is 12.1 Å². The predicted molar refractivity (Wildman–Crippen MR) is 143 cm³/mol. The van der Waals surface area contributed by atoms with Crippen LogP contribution in [-0.4, -0.2) is 54.4 Å². The van der Waals surface area contributed by atoms with E-state index in [2.05, 4.69) is 5.92 Å². The van der Waals surface area contributed by atoms with Crippen LogP contribution in [0.15, 0.2) is 42.5 Å². The lowest BCUT2D eigenvalue weighted by Gasteiger charge is -2.28. The van der Waals surface area contributed by atoms with Gasteiger partial charge in [-0.1, -0.05) is 25.0 Å². The summed E-state index contributed by atoms with van der Waals surface area (Å²) in [4.78, 5) is 25.8. The lowest BCUT2D eigenvalue weighted by molar-refractivity contribution is -0.137. The SMILES string of the molecule is COCC(C)c1ccc(CN(C(=O)c2ccc(C#CC(F)(F)F)cc2)C(C)C)c(OCCCCCC(=O)O)c1. The summed E-state index contributed by atoms with van der Waals surface area (Å²) in [5, 5.41) is 8.81. The number of carbonyl (C=O) groups is 2. The van der Waals surface area contributed by atoms with Crippen LogP contribution in [0.1, 0.15) is 79.4 Å². The molecule has 1 unspecified atom stereocenters. The number of carboxylic acid groups (broad SMARTS) is 1. The number of halogens is 3. The van der Waals surface area contributed by atoms with Crippen LogP contribution < -0.4 is 4.74 Å². The maximum Gasteiger partial charge on any atom is 0.458 e. The molecule has 0 saturated heterocycles. The van der Waals surface area contributed by atoms with E-state index in [1.807, 2.05) is 39.0 Å². The summed E-state index contributed by atoms with van der Waals surface area (Å²) in [6, 6.07) is 11.4. The van der Waals surface area contributed by atoms with Crippen molar-refractivity contribution in [1.29, 1.82) is 0 Å². The number of hydrogen-bond donors (Lipinski definition) is 1. The highest BCUT2D eigenvalue weighted by Gasteiger charge is 2.23. The molecule has 0 spiro atoms. The van der Waals surface area contributed by atoms with Gasteiger partial charge < -0.3 is 19.5 Å². The van der Waals surface area contributed by atoms with Crippen molar-refractivity contribution in [3.8, 4) is 17.6 Å². The zero-order valence-corrected chi connectivity index (χ0v) is 22.8. The molecule has 1 atom stereocenters. The Hall–Kier alpha value is -3.51. The minimum absolute atomic E-state index is 0.122. The van der Waals surface area contributed by atoms with E-state index in [-0.39, 0.29) is 36.4 Å². The van der Waals surface area contributed by atoms with Crippen molar-refractivity contribution >= 4 is 11.9 Å². The molecular weight excluding hydrogens is 511 g/mol. The molecule has 0 saturated carbocycles. The molecule has 0 aliphatic rings. The second-order valence-corrected chi connectivity index (χ2v) is 9.63. The molecule has 0 fully saturated rings. The molecule has 2 aromatic carbocycles. The number of unbranched alkanes of at least 4 members (excludes halogenated alkanes) is 2. The van der Waals surface area contributed by atoms with E-state index >= 15 is 0 Å². The molecular formula is C30H36F3NO5. The van der Waals surface area contributed by atoms with E-state index in [4.69, 9.17) is 14.6 Å². The monoisotopic (exact) mass is 547 g/mol. The van der Waals surface area contributed by atoms with Crippen LogP contribution in [-0.2, 0) is 16.1 Å². The number of benzene rings is 2. The molecule has 1 N–H and O–H groups in total. The predicted octanol–water partition coefficient (Wildman–Crippen LogP) is 6.42. The van der Waals surface area contributed by atoms with Crippen molar-refractivity contribution in [3.63, 3.8) is 0 Å². The first kappa shape index (κ1) is 31.7. The third-order valence-electron chi connectivity index (χ3n) is 6.07. The summed E-state index contributed by atoms with van der Waals surface area (Å²) in [6.45, 7) is 7.02. The van der Waals surface area contributed by atoms with Gasteiger partial charge in [-0.25, -0.2) is 0 Å². The highest BCUT2D eigenvalue weighted by atomic mass is 19.4. The Bertz CT molecular complexity index is 1150. The topological polar surface area (TPSA) is 76.1 Å². The van der Waals surface area contributed by atoms with Crippen molar-refractivity contribution in [2.24, 2.45) is 0 Å². The summed E-state index contributed by atoms with van der Waals surface area (Å²) in [6.07, 6.45) is -2.47. The summed E-state index contributed by atoms with van der Waals surface area (Å²) >= 11 is 0. The molecule has 2 rings (SSSR count). The Kier molecular flexibility index (Phi) is 12.3. The molecule has 2 aromatic rings. The van der Waals surface area contributed by atoms with Crippen LogP contribution in [0.3, 0.4) is 0 Å². The van der Waals surface area contributed by atoms with Crippen molar-refractivity contribution in [2.45, 2.75) is 71.1 Å². The smallest absolute Gasteiger partial charge is 0.458 e. The van der Waals surface area contributed by atoms with E-state index in [0.29, 0.717) is 37.4 Å². The standard InChI is InChI=1S/C30H36F3NO5/c1-21(2)34(29(37)24-11-9-23(10-12-24)15-16-30(31,32)33)19-26-14-13-25(22(3)20-38-4)18-27(26)39-17-7-5-6-8-28(35)36/h9-14,18,21-22H,5-8,17,19-20H2,1-4H3,(H,35,36). The van der Waals surface area contributed by atoms with Crippen molar-refractivity contribution < 1.29 is 37.3 Å². The van der Waals surface area contributed by atoms with Crippen LogP contribution in [0, 0.1) is 11.8 Å². The summed E-state index contributed by atoms with van der Waals surface area (Å²) < 4.78 is 48.5. The van der Waals surface area contributed by atoms with Gasteiger partial charge in [0.2, 0.25) is 0 Å². The Morgan fingerprint density at radius 2 is 1.72 bits per heavy atom. The van der Waals surface area contributed by atoms with Crippen molar-refractivity contribution in [1.82, 2.24) is 4.90 Å². The average molecular weight is 548 g/mol. The summed E-state index contributed by atoms with van der Waals surface area (Å²) in [5.41, 5.74) is 2.34. The van der Waals surface area contributed by atoms with Crippen molar-refractivity contribution in [2.75, 3.05) is 20.3 Å². The first-order valence-corrected chi connectivity index (χ1v) is 12.9. The molecule has 9 heteroatoms. The summed E-state index contributed by atoms with van der Waals surface area (Å²) in [5.74, 6) is 2.97. The number of rotatable bonds is 14. The number of aliphatic carboxylic acids is 1. The van der Waals surface area contributed by atoms with Crippen LogP contribution in [0.25, 0.3) is 0 Å². The minimum atomic E-state index is -4.59. The molecule has 0 aliphatic carbocycles. The number of carbonyl (C=O) groups excluding carboxylic acids is 1. The van der Waals surface area contributed by atoms with Gasteiger partial charge in [-0.05, 0) is 69.0 Å². The molecule has 1 amide bonds. The molecule has 212 valence electrons. The van der Waals surface area contributed by atoms with Crippen LogP contribution in [0.5, 0.6) is 5.75 Å². The minimum Gasteiger partial charge on any atom is -0.493 e. The number of ether oxygens (including phenoxy) is 2. The fourth-order valence-electron chi connectivity index (χ4n) is 3.90. The van der Waals surface area contributed by atoms with Gasteiger partial charge in [-0.2, -0.15) is 13.2 Å². The molecule has 0 heterocycles. The van der Waals surface area contributed by atoms with Gasteiger partial charge in [-0.15, -0.1) is 0 Å². The zero-order chi connectivity index (χ0) is 29.0. The molecule has 0 bridgehead atoms. The Balaban J connectivity index is 2.23. The first-order chi connectivity index (χ1) is 18.4. The van der Waals surface area contributed by atoms with Gasteiger partial charge in [0.15, 0.2) is 0 Å². The number of methoxy groups -OCH3 is 1. The highest BCUT2D eigenvalue weighted by molar-refractivity contribution is 5.94. The lowest BCUT2D eigenvalue weighted by atomic mass is 9.99. The van der Waals surface area contributed by atoms with Gasteiger partial charge >= 0.3 is 12.1 Å². The molecule has 6 nitrogen and oxygen atoms in total. The summed E-state index contributed by atoms with van der Waals surface area (Å²) in [7, 11) is 1.64. The molecule has 0 aliphatic heterocycles. The largest absolute Gasteiger partial charge is 0.493 e. The van der Waals surface area contributed by atoms with Gasteiger partial charge in [0, 0.05) is 54.6 Å². The fraction of sp³-hybridized carbons (Fsp3) is 0.467. The van der Waals surface area contributed by atoms with Crippen LogP contribution in [0.2, 0.25) is 0 Å². The van der Waals surface area contributed by atoms with E-state index in [1.165, 1.54) is 30.2 Å². The number of alkyl halides is 3. The molecule has 0 radical (unpaired) electrons. The average Bonchev–Trinajstić information content (AvgIpc) is 2.87. The lowest BCUT2D eigenvalue weighted by Crippen LogP contribution is -2.36. The maximum atomic E-state index is 13.4. The molecule has 0 aromatic heterocycles. The van der Waals surface area contributed by atoms with E-state index in [9.17, 15) is 22.8 Å². The van der Waals surface area contributed by atoms with Gasteiger partial charge in [0.25, 0.3) is 5.91 Å². The second-order valence-electron chi connectivity index (χ2n) is 9.63. The number of carboxylic acids is 1. The second kappa shape index (κ2) is 15.2. The number of amides is 1. The van der Waals surface area contributed by atoms with E-state index in [1.54, 1.807) is 12.0 Å². The quantitative estimate of drug-likeness (QED) is 0.218. The Labute approximate surface area is 228 Å². The van der Waals surface area contributed by atoms with Crippen molar-refractivity contribution in [3.05, 3.63) is 64.7 Å². The van der Waals surface area contributed by atoms with E-state index in [0.717, 1.165) is 17.5 Å².